The van der Waals surface area contributed by atoms with E-state index in [0.717, 1.165) is 45.3 Å². The van der Waals surface area contributed by atoms with Crippen LogP contribution in [-0.4, -0.2) is 30.2 Å². The highest BCUT2D eigenvalue weighted by molar-refractivity contribution is 5.29. The van der Waals surface area contributed by atoms with E-state index < -0.39 is 5.79 Å². The minimum Gasteiger partial charge on any atom is -0.393 e. The minimum absolute atomic E-state index is 0.0981. The molecule has 4 rings (SSSR count). The summed E-state index contributed by atoms with van der Waals surface area (Å²) < 4.78 is 12.4. The lowest BCUT2D eigenvalue weighted by Gasteiger charge is -2.43. The van der Waals surface area contributed by atoms with Gasteiger partial charge in [-0.3, -0.25) is 0 Å². The van der Waals surface area contributed by atoms with Crippen molar-refractivity contribution in [3.05, 3.63) is 12.2 Å². The highest BCUT2D eigenvalue weighted by Crippen LogP contribution is 2.69. The van der Waals surface area contributed by atoms with Crippen molar-refractivity contribution in [2.24, 2.45) is 22.7 Å². The summed E-state index contributed by atoms with van der Waals surface area (Å²) in [6.07, 6.45) is 4.78. The van der Waals surface area contributed by atoms with E-state index in [2.05, 4.69) is 20.4 Å². The molecule has 3 heteroatoms. The average Bonchev–Trinajstić information content (AvgIpc) is 2.94. The van der Waals surface area contributed by atoms with Crippen molar-refractivity contribution in [2.45, 2.75) is 57.8 Å². The van der Waals surface area contributed by atoms with Gasteiger partial charge in [0.25, 0.3) is 0 Å². The van der Waals surface area contributed by atoms with Crippen LogP contribution in [0.15, 0.2) is 12.2 Å². The van der Waals surface area contributed by atoms with Crippen molar-refractivity contribution < 1.29 is 14.6 Å². The first-order chi connectivity index (χ1) is 9.37. The fourth-order valence-corrected chi connectivity index (χ4v) is 5.39. The summed E-state index contributed by atoms with van der Waals surface area (Å²) in [5.74, 6) is 0.492. The fraction of sp³-hybridized carbons (Fsp3) is 0.882. The van der Waals surface area contributed by atoms with E-state index in [4.69, 9.17) is 9.47 Å². The summed E-state index contributed by atoms with van der Waals surface area (Å²) in [5, 5.41) is 10.4. The van der Waals surface area contributed by atoms with Gasteiger partial charge in [-0.1, -0.05) is 26.0 Å². The van der Waals surface area contributed by atoms with Gasteiger partial charge in [-0.2, -0.15) is 0 Å². The summed E-state index contributed by atoms with van der Waals surface area (Å²) in [6, 6.07) is 0. The molecule has 3 aliphatic carbocycles. The van der Waals surface area contributed by atoms with Crippen molar-refractivity contribution in [3.8, 4) is 0 Å². The second-order valence-corrected chi connectivity index (χ2v) is 8.32. The summed E-state index contributed by atoms with van der Waals surface area (Å²) in [4.78, 5) is 0. The molecule has 2 spiro atoms. The lowest BCUT2D eigenvalue weighted by molar-refractivity contribution is -0.299. The molecule has 1 heterocycles. The Hall–Kier alpha value is -0.380. The normalized spacial score (nSPS) is 48.5. The Labute approximate surface area is 121 Å². The van der Waals surface area contributed by atoms with Crippen molar-refractivity contribution in [1.29, 1.82) is 0 Å². The van der Waals surface area contributed by atoms with E-state index in [-0.39, 0.29) is 16.9 Å². The number of ether oxygens (including phenoxy) is 2. The minimum atomic E-state index is -0.397. The molecule has 0 radical (unpaired) electrons. The van der Waals surface area contributed by atoms with Gasteiger partial charge in [-0.15, -0.1) is 0 Å². The second kappa shape index (κ2) is 3.88. The van der Waals surface area contributed by atoms with Gasteiger partial charge in [0.2, 0.25) is 0 Å². The second-order valence-electron chi connectivity index (χ2n) is 8.32. The van der Waals surface area contributed by atoms with Gasteiger partial charge in [0.15, 0.2) is 5.79 Å². The summed E-state index contributed by atoms with van der Waals surface area (Å²) in [6.45, 7) is 10.3. The standard InChI is InChI=1S/C17H26O3/c1-11-4-5-13-14(18)6-12-7-16(8-17(11,12)13)19-9-15(2,3)10-20-16/h12-14,18H,1,4-10H2,2-3H3/t12-,13+,14-,17-/m0/s1. The molecule has 4 aliphatic rings. The van der Waals surface area contributed by atoms with Gasteiger partial charge in [0.1, 0.15) is 0 Å². The zero-order chi connectivity index (χ0) is 14.2. The third-order valence-corrected chi connectivity index (χ3v) is 6.37. The Morgan fingerprint density at radius 2 is 1.95 bits per heavy atom. The number of aliphatic hydroxyl groups excluding tert-OH is 1. The van der Waals surface area contributed by atoms with Crippen molar-refractivity contribution in [2.75, 3.05) is 13.2 Å². The number of rotatable bonds is 0. The third kappa shape index (κ3) is 1.57. The Morgan fingerprint density at radius 3 is 2.65 bits per heavy atom. The highest BCUT2D eigenvalue weighted by atomic mass is 16.7. The van der Waals surface area contributed by atoms with Crippen LogP contribution in [0.5, 0.6) is 0 Å². The van der Waals surface area contributed by atoms with Gasteiger partial charge in [-0.25, -0.2) is 0 Å². The molecule has 0 amide bonds. The van der Waals surface area contributed by atoms with Gasteiger partial charge in [0.05, 0.1) is 19.3 Å². The van der Waals surface area contributed by atoms with E-state index in [1.165, 1.54) is 5.57 Å². The SMILES string of the molecule is C=C1CC[C@@H]2[C@@H](O)C[C@H]3CC4(C[C@]132)OCC(C)(C)CO4. The molecule has 4 atom stereocenters. The molecule has 0 aromatic rings. The number of hydrogen-bond acceptors (Lipinski definition) is 3. The Morgan fingerprint density at radius 1 is 1.25 bits per heavy atom. The number of allylic oxidation sites excluding steroid dienone is 1. The van der Waals surface area contributed by atoms with Crippen LogP contribution in [-0.2, 0) is 9.47 Å². The quantitative estimate of drug-likeness (QED) is 0.692. The lowest BCUT2D eigenvalue weighted by atomic mass is 9.73. The van der Waals surface area contributed by atoms with E-state index >= 15 is 0 Å². The predicted molar refractivity (Wildman–Crippen MR) is 76.1 cm³/mol. The van der Waals surface area contributed by atoms with E-state index in [1.54, 1.807) is 0 Å². The van der Waals surface area contributed by atoms with Crippen molar-refractivity contribution >= 4 is 0 Å². The first-order valence-electron chi connectivity index (χ1n) is 8.01. The molecule has 1 saturated heterocycles. The van der Waals surface area contributed by atoms with Crippen LogP contribution in [0.3, 0.4) is 0 Å². The molecular weight excluding hydrogens is 252 g/mol. The first-order valence-corrected chi connectivity index (χ1v) is 8.01. The van der Waals surface area contributed by atoms with Crippen LogP contribution in [0.4, 0.5) is 0 Å². The Bertz CT molecular complexity index is 445. The van der Waals surface area contributed by atoms with Crippen LogP contribution >= 0.6 is 0 Å². The van der Waals surface area contributed by atoms with Gasteiger partial charge in [0, 0.05) is 23.7 Å². The Balaban J connectivity index is 1.63. The maximum absolute atomic E-state index is 10.4. The monoisotopic (exact) mass is 278 g/mol. The van der Waals surface area contributed by atoms with Gasteiger partial charge >= 0.3 is 0 Å². The molecule has 0 aromatic heterocycles. The molecule has 0 bridgehead atoms. The van der Waals surface area contributed by atoms with Crippen molar-refractivity contribution in [3.63, 3.8) is 0 Å². The van der Waals surface area contributed by atoms with Crippen molar-refractivity contribution in [1.82, 2.24) is 0 Å². The van der Waals surface area contributed by atoms with E-state index in [0.29, 0.717) is 11.8 Å². The highest BCUT2D eigenvalue weighted by Gasteiger charge is 2.67. The number of aliphatic hydroxyl groups is 1. The van der Waals surface area contributed by atoms with E-state index in [9.17, 15) is 5.11 Å². The zero-order valence-corrected chi connectivity index (χ0v) is 12.7. The maximum atomic E-state index is 10.4. The molecule has 1 aliphatic heterocycles. The maximum Gasteiger partial charge on any atom is 0.169 e. The van der Waals surface area contributed by atoms with Crippen LogP contribution < -0.4 is 0 Å². The topological polar surface area (TPSA) is 38.7 Å². The molecule has 20 heavy (non-hydrogen) atoms. The molecule has 4 fully saturated rings. The smallest absolute Gasteiger partial charge is 0.169 e. The summed E-state index contributed by atoms with van der Waals surface area (Å²) >= 11 is 0. The largest absolute Gasteiger partial charge is 0.393 e. The predicted octanol–water partition coefficient (Wildman–Crippen LogP) is 2.88. The van der Waals surface area contributed by atoms with E-state index in [1.807, 2.05) is 0 Å². The first kappa shape index (κ1) is 13.3. The third-order valence-electron chi connectivity index (χ3n) is 6.37. The van der Waals surface area contributed by atoms with Crippen LogP contribution in [0.25, 0.3) is 0 Å². The van der Waals surface area contributed by atoms with Gasteiger partial charge in [-0.05, 0) is 31.1 Å². The zero-order valence-electron chi connectivity index (χ0n) is 12.7. The molecule has 112 valence electrons. The molecule has 3 saturated carbocycles. The molecular formula is C17H26O3. The van der Waals surface area contributed by atoms with Crippen LogP contribution in [0.2, 0.25) is 0 Å². The Kier molecular flexibility index (Phi) is 2.58. The molecule has 1 N–H and O–H groups in total. The van der Waals surface area contributed by atoms with Gasteiger partial charge < -0.3 is 14.6 Å². The summed E-state index contributed by atoms with van der Waals surface area (Å²) in [5.41, 5.74) is 1.56. The number of hydrogen-bond donors (Lipinski definition) is 1. The molecule has 3 nitrogen and oxygen atoms in total. The van der Waals surface area contributed by atoms with Crippen LogP contribution in [0.1, 0.15) is 46.0 Å². The van der Waals surface area contributed by atoms with Crippen LogP contribution in [0, 0.1) is 22.7 Å². The lowest BCUT2D eigenvalue weighted by Crippen LogP contribution is -2.47. The summed E-state index contributed by atoms with van der Waals surface area (Å²) in [7, 11) is 0. The molecule has 0 unspecified atom stereocenters. The average molecular weight is 278 g/mol. The molecule has 0 aromatic carbocycles. The fourth-order valence-electron chi connectivity index (χ4n) is 5.39.